The molecule has 2 rings (SSSR count). The van der Waals surface area contributed by atoms with E-state index < -0.39 is 0 Å². The van der Waals surface area contributed by atoms with E-state index in [9.17, 15) is 0 Å². The molecule has 0 aliphatic carbocycles. The van der Waals surface area contributed by atoms with Crippen molar-refractivity contribution in [1.29, 1.82) is 0 Å². The fourth-order valence-corrected chi connectivity index (χ4v) is 1.90. The minimum atomic E-state index is 0.555. The fourth-order valence-electron chi connectivity index (χ4n) is 1.00. The van der Waals surface area contributed by atoms with Crippen molar-refractivity contribution in [2.45, 2.75) is 13.8 Å². The number of rotatable bonds is 2. The van der Waals surface area contributed by atoms with Gasteiger partial charge in [0.2, 0.25) is 0 Å². The average Bonchev–Trinajstić information content (AvgIpc) is 2.34. The Hall–Kier alpha value is -1.27. The van der Waals surface area contributed by atoms with Gasteiger partial charge in [0.15, 0.2) is 0 Å². The molecule has 2 nitrogen and oxygen atoms in total. The predicted octanol–water partition coefficient (Wildman–Crippen LogP) is 2.13. The highest BCUT2D eigenvalue weighted by atomic mass is 31.1. The molecule has 0 radical (unpaired) electrons. The summed E-state index contributed by atoms with van der Waals surface area (Å²) in [5.74, 6) is 0. The monoisotopic (exact) mass is 218 g/mol. The summed E-state index contributed by atoms with van der Waals surface area (Å²) in [5, 5.41) is 0. The second kappa shape index (κ2) is 7.08. The Bertz CT molecular complexity index is 324. The highest BCUT2D eigenvalue weighted by molar-refractivity contribution is 7.54. The number of hydrogen-bond acceptors (Lipinski definition) is 2. The lowest BCUT2D eigenvalue weighted by atomic mass is 10.5. The highest BCUT2D eigenvalue weighted by Gasteiger charge is 1.95. The first-order valence-corrected chi connectivity index (χ1v) is 6.04. The molecule has 0 saturated carbocycles. The zero-order valence-electron chi connectivity index (χ0n) is 9.01. The molecule has 0 amide bonds. The van der Waals surface area contributed by atoms with Gasteiger partial charge in [0.25, 0.3) is 0 Å². The SMILES string of the molecule is CC.c1ccc(Pc2ccccn2)nc1. The minimum absolute atomic E-state index is 0.555. The average molecular weight is 218 g/mol. The van der Waals surface area contributed by atoms with Gasteiger partial charge in [-0.25, -0.2) is 0 Å². The second-order valence-corrected chi connectivity index (χ2v) is 3.83. The van der Waals surface area contributed by atoms with Crippen LogP contribution in [0.2, 0.25) is 0 Å². The summed E-state index contributed by atoms with van der Waals surface area (Å²) >= 11 is 0. The van der Waals surface area contributed by atoms with Crippen molar-refractivity contribution >= 4 is 19.5 Å². The zero-order valence-corrected chi connectivity index (χ0v) is 10.0. The van der Waals surface area contributed by atoms with E-state index in [0.717, 1.165) is 10.9 Å². The van der Waals surface area contributed by atoms with Gasteiger partial charge in [0, 0.05) is 12.4 Å². The van der Waals surface area contributed by atoms with Crippen LogP contribution in [0.5, 0.6) is 0 Å². The molecule has 0 aliphatic heterocycles. The van der Waals surface area contributed by atoms with E-state index >= 15 is 0 Å². The van der Waals surface area contributed by atoms with Crippen LogP contribution in [0.25, 0.3) is 0 Å². The summed E-state index contributed by atoms with van der Waals surface area (Å²) in [7, 11) is 0.555. The van der Waals surface area contributed by atoms with Gasteiger partial charge in [0.1, 0.15) is 0 Å². The maximum atomic E-state index is 4.25. The zero-order chi connectivity index (χ0) is 10.9. The number of pyridine rings is 2. The van der Waals surface area contributed by atoms with Crippen molar-refractivity contribution in [2.24, 2.45) is 0 Å². The van der Waals surface area contributed by atoms with Crippen LogP contribution in [0, 0.1) is 0 Å². The Morgan fingerprint density at radius 3 is 1.60 bits per heavy atom. The van der Waals surface area contributed by atoms with Crippen LogP contribution in [0.15, 0.2) is 48.8 Å². The molecular formula is C12H15N2P. The Labute approximate surface area is 92.6 Å². The maximum Gasteiger partial charge on any atom is 0.0661 e. The van der Waals surface area contributed by atoms with Gasteiger partial charge in [-0.2, -0.15) is 0 Å². The van der Waals surface area contributed by atoms with Crippen LogP contribution in [0.1, 0.15) is 13.8 Å². The van der Waals surface area contributed by atoms with E-state index in [2.05, 4.69) is 9.97 Å². The molecule has 0 fully saturated rings. The van der Waals surface area contributed by atoms with Crippen molar-refractivity contribution in [3.63, 3.8) is 0 Å². The van der Waals surface area contributed by atoms with Gasteiger partial charge >= 0.3 is 0 Å². The van der Waals surface area contributed by atoms with Crippen molar-refractivity contribution in [3.05, 3.63) is 48.8 Å². The third-order valence-electron chi connectivity index (χ3n) is 1.59. The standard InChI is InChI=1S/C10H9N2P.C2H6/c1-3-7-11-9(5-1)13-10-6-2-4-8-12-10;1-2/h1-8,13H;1-2H3. The summed E-state index contributed by atoms with van der Waals surface area (Å²) in [5.41, 5.74) is 2.17. The summed E-state index contributed by atoms with van der Waals surface area (Å²) in [4.78, 5) is 8.49. The largest absolute Gasteiger partial charge is 0.256 e. The van der Waals surface area contributed by atoms with E-state index in [4.69, 9.17) is 0 Å². The Morgan fingerprint density at radius 2 is 1.27 bits per heavy atom. The van der Waals surface area contributed by atoms with Crippen LogP contribution < -0.4 is 10.9 Å². The molecule has 15 heavy (non-hydrogen) atoms. The summed E-state index contributed by atoms with van der Waals surface area (Å²) < 4.78 is 0. The third kappa shape index (κ3) is 4.18. The molecule has 3 heteroatoms. The second-order valence-electron chi connectivity index (χ2n) is 2.55. The number of nitrogens with zero attached hydrogens (tertiary/aromatic N) is 2. The van der Waals surface area contributed by atoms with Crippen molar-refractivity contribution in [3.8, 4) is 0 Å². The maximum absolute atomic E-state index is 4.25. The Balaban J connectivity index is 0.000000531. The Kier molecular flexibility index (Phi) is 5.57. The van der Waals surface area contributed by atoms with Crippen LogP contribution in [0.4, 0.5) is 0 Å². The van der Waals surface area contributed by atoms with Gasteiger partial charge in [-0.15, -0.1) is 0 Å². The smallest absolute Gasteiger partial charge is 0.0661 e. The van der Waals surface area contributed by atoms with Gasteiger partial charge in [-0.1, -0.05) is 26.0 Å². The number of hydrogen-bond donors (Lipinski definition) is 0. The summed E-state index contributed by atoms with van der Waals surface area (Å²) in [6, 6.07) is 11.9. The molecule has 0 aromatic carbocycles. The first-order chi connectivity index (χ1) is 7.45. The van der Waals surface area contributed by atoms with Gasteiger partial charge in [0.05, 0.1) is 10.9 Å². The minimum Gasteiger partial charge on any atom is -0.256 e. The molecule has 0 N–H and O–H groups in total. The molecular weight excluding hydrogens is 203 g/mol. The normalized spacial score (nSPS) is 8.93. The first kappa shape index (κ1) is 11.8. The quantitative estimate of drug-likeness (QED) is 0.722. The molecule has 2 heterocycles. The van der Waals surface area contributed by atoms with Crippen molar-refractivity contribution < 1.29 is 0 Å². The van der Waals surface area contributed by atoms with E-state index in [0.29, 0.717) is 8.58 Å². The van der Waals surface area contributed by atoms with E-state index in [1.165, 1.54) is 0 Å². The van der Waals surface area contributed by atoms with E-state index in [1.807, 2.05) is 62.6 Å². The van der Waals surface area contributed by atoms with Gasteiger partial charge < -0.3 is 0 Å². The first-order valence-electron chi connectivity index (χ1n) is 5.04. The van der Waals surface area contributed by atoms with E-state index in [1.54, 1.807) is 0 Å². The fraction of sp³-hybridized carbons (Fsp3) is 0.167. The topological polar surface area (TPSA) is 25.8 Å². The molecule has 2 aromatic rings. The van der Waals surface area contributed by atoms with Crippen molar-refractivity contribution in [1.82, 2.24) is 9.97 Å². The number of aromatic nitrogens is 2. The van der Waals surface area contributed by atoms with Gasteiger partial charge in [-0.05, 0) is 32.8 Å². The third-order valence-corrected chi connectivity index (χ3v) is 2.69. The Morgan fingerprint density at radius 1 is 0.800 bits per heavy atom. The predicted molar refractivity (Wildman–Crippen MR) is 67.4 cm³/mol. The van der Waals surface area contributed by atoms with E-state index in [-0.39, 0.29) is 0 Å². The molecule has 0 atom stereocenters. The molecule has 0 spiro atoms. The highest BCUT2D eigenvalue weighted by Crippen LogP contribution is 2.04. The van der Waals surface area contributed by atoms with Crippen LogP contribution in [-0.2, 0) is 0 Å². The van der Waals surface area contributed by atoms with Gasteiger partial charge in [-0.3, -0.25) is 9.97 Å². The molecule has 2 aromatic heterocycles. The lowest BCUT2D eigenvalue weighted by molar-refractivity contribution is 1.38. The molecule has 78 valence electrons. The molecule has 0 unspecified atom stereocenters. The lowest BCUT2D eigenvalue weighted by Gasteiger charge is -1.98. The van der Waals surface area contributed by atoms with Crippen LogP contribution >= 0.6 is 8.58 Å². The molecule has 0 bridgehead atoms. The van der Waals surface area contributed by atoms with Crippen molar-refractivity contribution in [2.75, 3.05) is 0 Å². The summed E-state index contributed by atoms with van der Waals surface area (Å²) in [6.45, 7) is 4.00. The van der Waals surface area contributed by atoms with Crippen LogP contribution in [0.3, 0.4) is 0 Å². The molecule has 0 saturated heterocycles. The molecule has 0 aliphatic rings. The lowest BCUT2D eigenvalue weighted by Crippen LogP contribution is -2.08. The summed E-state index contributed by atoms with van der Waals surface area (Å²) in [6.07, 6.45) is 3.62. The van der Waals surface area contributed by atoms with Crippen LogP contribution in [-0.4, -0.2) is 9.97 Å².